The van der Waals surface area contributed by atoms with Gasteiger partial charge >= 0.3 is 0 Å². The molecule has 1 N–H and O–H groups in total. The summed E-state index contributed by atoms with van der Waals surface area (Å²) in [4.78, 5) is 4.34. The standard InChI is InChI=1S/C16H20N2O/c1-11-7-8-12(2)15(13(11)3)19-16-14(10-17-4)6-5-9-18-16/h5-9,17H,10H2,1-4H3. The Balaban J connectivity index is 2.39. The van der Waals surface area contributed by atoms with Crippen LogP contribution in [0.5, 0.6) is 11.6 Å². The molecule has 1 heterocycles. The van der Waals surface area contributed by atoms with Gasteiger partial charge in [0.25, 0.3) is 0 Å². The lowest BCUT2D eigenvalue weighted by molar-refractivity contribution is 0.447. The summed E-state index contributed by atoms with van der Waals surface area (Å²) >= 11 is 0. The van der Waals surface area contributed by atoms with Crippen LogP contribution in [0.1, 0.15) is 22.3 Å². The Morgan fingerprint density at radius 2 is 1.84 bits per heavy atom. The second-order valence-corrected chi connectivity index (χ2v) is 4.75. The molecule has 0 atom stereocenters. The molecule has 3 heteroatoms. The van der Waals surface area contributed by atoms with Gasteiger partial charge in [-0.3, -0.25) is 0 Å². The molecular formula is C16H20N2O. The van der Waals surface area contributed by atoms with Gasteiger partial charge in [-0.15, -0.1) is 0 Å². The van der Waals surface area contributed by atoms with Crippen LogP contribution in [0.2, 0.25) is 0 Å². The molecule has 100 valence electrons. The van der Waals surface area contributed by atoms with Crippen molar-refractivity contribution in [2.45, 2.75) is 27.3 Å². The van der Waals surface area contributed by atoms with E-state index in [1.807, 2.05) is 19.2 Å². The van der Waals surface area contributed by atoms with Gasteiger partial charge in [0, 0.05) is 18.3 Å². The molecule has 1 aromatic carbocycles. The first kappa shape index (κ1) is 13.6. The summed E-state index contributed by atoms with van der Waals surface area (Å²) in [7, 11) is 1.92. The first-order chi connectivity index (χ1) is 9.13. The topological polar surface area (TPSA) is 34.2 Å². The van der Waals surface area contributed by atoms with Crippen LogP contribution in [0.4, 0.5) is 0 Å². The summed E-state index contributed by atoms with van der Waals surface area (Å²) in [6.07, 6.45) is 1.76. The number of rotatable bonds is 4. The highest BCUT2D eigenvalue weighted by Crippen LogP contribution is 2.31. The molecule has 0 fully saturated rings. The molecule has 0 spiro atoms. The predicted molar refractivity (Wildman–Crippen MR) is 77.7 cm³/mol. The Morgan fingerprint density at radius 3 is 2.58 bits per heavy atom. The molecule has 0 aliphatic rings. The van der Waals surface area contributed by atoms with Crippen molar-refractivity contribution in [3.05, 3.63) is 52.7 Å². The lowest BCUT2D eigenvalue weighted by Crippen LogP contribution is -2.07. The highest BCUT2D eigenvalue weighted by atomic mass is 16.5. The van der Waals surface area contributed by atoms with E-state index in [0.29, 0.717) is 5.88 Å². The van der Waals surface area contributed by atoms with E-state index in [1.54, 1.807) is 6.20 Å². The smallest absolute Gasteiger partial charge is 0.223 e. The molecule has 0 aliphatic carbocycles. The van der Waals surface area contributed by atoms with E-state index >= 15 is 0 Å². The largest absolute Gasteiger partial charge is 0.438 e. The highest BCUT2D eigenvalue weighted by molar-refractivity contribution is 5.46. The van der Waals surface area contributed by atoms with Crippen LogP contribution < -0.4 is 10.1 Å². The van der Waals surface area contributed by atoms with E-state index < -0.39 is 0 Å². The van der Waals surface area contributed by atoms with Crippen molar-refractivity contribution in [1.82, 2.24) is 10.3 Å². The maximum Gasteiger partial charge on any atom is 0.223 e. The summed E-state index contributed by atoms with van der Waals surface area (Å²) in [5, 5.41) is 3.13. The molecule has 1 aromatic heterocycles. The van der Waals surface area contributed by atoms with Crippen LogP contribution in [-0.4, -0.2) is 12.0 Å². The maximum absolute atomic E-state index is 6.05. The van der Waals surface area contributed by atoms with Crippen LogP contribution in [-0.2, 0) is 6.54 Å². The van der Waals surface area contributed by atoms with Crippen molar-refractivity contribution in [3.63, 3.8) is 0 Å². The number of ether oxygens (including phenoxy) is 1. The fourth-order valence-corrected chi connectivity index (χ4v) is 2.02. The fraction of sp³-hybridized carbons (Fsp3) is 0.312. The SMILES string of the molecule is CNCc1cccnc1Oc1c(C)ccc(C)c1C. The Hall–Kier alpha value is -1.87. The summed E-state index contributed by atoms with van der Waals surface area (Å²) in [6, 6.07) is 8.15. The minimum atomic E-state index is 0.675. The number of aromatic nitrogens is 1. The molecule has 19 heavy (non-hydrogen) atoms. The molecule has 0 bridgehead atoms. The van der Waals surface area contributed by atoms with Crippen molar-refractivity contribution in [2.75, 3.05) is 7.05 Å². The van der Waals surface area contributed by atoms with E-state index in [4.69, 9.17) is 4.74 Å². The zero-order chi connectivity index (χ0) is 13.8. The number of hydrogen-bond donors (Lipinski definition) is 1. The first-order valence-electron chi connectivity index (χ1n) is 6.46. The third-order valence-electron chi connectivity index (χ3n) is 3.29. The minimum absolute atomic E-state index is 0.675. The normalized spacial score (nSPS) is 10.5. The lowest BCUT2D eigenvalue weighted by atomic mass is 10.1. The number of pyridine rings is 1. The number of benzene rings is 1. The molecule has 0 radical (unpaired) electrons. The zero-order valence-corrected chi connectivity index (χ0v) is 11.9. The molecule has 0 saturated heterocycles. The summed E-state index contributed by atoms with van der Waals surface area (Å²) in [6.45, 7) is 6.97. The molecule has 2 rings (SSSR count). The molecular weight excluding hydrogens is 236 g/mol. The molecule has 3 nitrogen and oxygen atoms in total. The van der Waals surface area contributed by atoms with E-state index in [1.165, 1.54) is 11.1 Å². The molecule has 2 aromatic rings. The molecule has 0 unspecified atom stereocenters. The monoisotopic (exact) mass is 256 g/mol. The van der Waals surface area contributed by atoms with Crippen molar-refractivity contribution >= 4 is 0 Å². The predicted octanol–water partition coefficient (Wildman–Crippen LogP) is 3.52. The third kappa shape index (κ3) is 2.93. The number of nitrogens with one attached hydrogen (secondary N) is 1. The van der Waals surface area contributed by atoms with E-state index in [-0.39, 0.29) is 0 Å². The summed E-state index contributed by atoms with van der Waals surface area (Å²) < 4.78 is 6.05. The van der Waals surface area contributed by atoms with Gasteiger partial charge in [0.1, 0.15) is 5.75 Å². The van der Waals surface area contributed by atoms with Gasteiger partial charge in [-0.1, -0.05) is 18.2 Å². The zero-order valence-electron chi connectivity index (χ0n) is 11.9. The van der Waals surface area contributed by atoms with E-state index in [2.05, 4.69) is 43.2 Å². The van der Waals surface area contributed by atoms with Gasteiger partial charge in [-0.25, -0.2) is 4.98 Å². The Bertz CT molecular complexity index is 579. The van der Waals surface area contributed by atoms with E-state index in [0.717, 1.165) is 23.4 Å². The van der Waals surface area contributed by atoms with Crippen LogP contribution in [0.15, 0.2) is 30.5 Å². The minimum Gasteiger partial charge on any atom is -0.438 e. The van der Waals surface area contributed by atoms with Crippen molar-refractivity contribution in [3.8, 4) is 11.6 Å². The first-order valence-corrected chi connectivity index (χ1v) is 6.46. The van der Waals surface area contributed by atoms with Crippen molar-refractivity contribution in [1.29, 1.82) is 0 Å². The second kappa shape index (κ2) is 5.85. The van der Waals surface area contributed by atoms with Crippen molar-refractivity contribution in [2.24, 2.45) is 0 Å². The average molecular weight is 256 g/mol. The quantitative estimate of drug-likeness (QED) is 0.908. The van der Waals surface area contributed by atoms with Gasteiger partial charge in [0.15, 0.2) is 0 Å². The van der Waals surface area contributed by atoms with Gasteiger partial charge in [0.05, 0.1) is 0 Å². The third-order valence-corrected chi connectivity index (χ3v) is 3.29. The van der Waals surface area contributed by atoms with Crippen LogP contribution in [0.25, 0.3) is 0 Å². The molecule has 0 aliphatic heterocycles. The summed E-state index contributed by atoms with van der Waals surface area (Å²) in [5.41, 5.74) is 4.59. The Kier molecular flexibility index (Phi) is 4.17. The Labute approximate surface area is 114 Å². The molecule has 0 amide bonds. The number of hydrogen-bond acceptors (Lipinski definition) is 3. The molecule has 0 saturated carbocycles. The number of nitrogens with zero attached hydrogens (tertiary/aromatic N) is 1. The van der Waals surface area contributed by atoms with Crippen LogP contribution in [0.3, 0.4) is 0 Å². The summed E-state index contributed by atoms with van der Waals surface area (Å²) in [5.74, 6) is 1.59. The fourth-order valence-electron chi connectivity index (χ4n) is 2.02. The van der Waals surface area contributed by atoms with Crippen LogP contribution >= 0.6 is 0 Å². The average Bonchev–Trinajstić information content (AvgIpc) is 2.41. The van der Waals surface area contributed by atoms with Gasteiger partial charge < -0.3 is 10.1 Å². The van der Waals surface area contributed by atoms with Crippen molar-refractivity contribution < 1.29 is 4.74 Å². The highest BCUT2D eigenvalue weighted by Gasteiger charge is 2.11. The maximum atomic E-state index is 6.05. The number of aryl methyl sites for hydroxylation is 2. The second-order valence-electron chi connectivity index (χ2n) is 4.75. The Morgan fingerprint density at radius 1 is 1.11 bits per heavy atom. The van der Waals surface area contributed by atoms with Gasteiger partial charge in [-0.05, 0) is 50.6 Å². The lowest BCUT2D eigenvalue weighted by Gasteiger charge is -2.15. The van der Waals surface area contributed by atoms with Gasteiger partial charge in [0.2, 0.25) is 5.88 Å². The van der Waals surface area contributed by atoms with Gasteiger partial charge in [-0.2, -0.15) is 0 Å². The van der Waals surface area contributed by atoms with E-state index in [9.17, 15) is 0 Å². The van der Waals surface area contributed by atoms with Crippen LogP contribution in [0, 0.1) is 20.8 Å².